The van der Waals surface area contributed by atoms with Crippen LogP contribution in [-0.4, -0.2) is 19.9 Å². The molecular formula is C12H11N5O. The van der Waals surface area contributed by atoms with E-state index < -0.39 is 0 Å². The average Bonchev–Trinajstić information content (AvgIpc) is 2.77. The van der Waals surface area contributed by atoms with Crippen molar-refractivity contribution in [2.45, 2.75) is 6.54 Å². The van der Waals surface area contributed by atoms with E-state index in [1.165, 1.54) is 0 Å². The lowest BCUT2D eigenvalue weighted by molar-refractivity contribution is 1.06. The molecule has 0 aliphatic heterocycles. The highest BCUT2D eigenvalue weighted by molar-refractivity contribution is 5.75. The molecule has 0 unspecified atom stereocenters. The van der Waals surface area contributed by atoms with Gasteiger partial charge in [0.05, 0.1) is 11.0 Å². The van der Waals surface area contributed by atoms with Crippen molar-refractivity contribution in [1.29, 1.82) is 0 Å². The summed E-state index contributed by atoms with van der Waals surface area (Å²) in [6, 6.07) is 7.50. The minimum absolute atomic E-state index is 0.193. The molecule has 3 rings (SSSR count). The Kier molecular flexibility index (Phi) is 2.53. The number of fused-ring (bicyclic) bond motifs is 1. The minimum atomic E-state index is -0.193. The quantitative estimate of drug-likeness (QED) is 0.644. The van der Waals surface area contributed by atoms with E-state index in [1.807, 2.05) is 18.2 Å². The van der Waals surface area contributed by atoms with Gasteiger partial charge in [-0.15, -0.1) is 0 Å². The first-order valence-electron chi connectivity index (χ1n) is 5.53. The fraction of sp³-hybridized carbons (Fsp3) is 0.0833. The molecular weight excluding hydrogens is 230 g/mol. The van der Waals surface area contributed by atoms with Crippen LogP contribution in [-0.2, 0) is 6.54 Å². The second-order valence-corrected chi connectivity index (χ2v) is 3.89. The van der Waals surface area contributed by atoms with Gasteiger partial charge in [-0.1, -0.05) is 6.07 Å². The van der Waals surface area contributed by atoms with Crippen molar-refractivity contribution >= 4 is 17.0 Å². The molecule has 0 fully saturated rings. The largest absolute Gasteiger partial charge is 0.350 e. The maximum absolute atomic E-state index is 11.1. The van der Waals surface area contributed by atoms with Crippen LogP contribution in [0, 0.1) is 0 Å². The highest BCUT2D eigenvalue weighted by Crippen LogP contribution is 2.11. The third-order valence-electron chi connectivity index (χ3n) is 2.60. The summed E-state index contributed by atoms with van der Waals surface area (Å²) in [4.78, 5) is 24.7. The van der Waals surface area contributed by atoms with Crippen LogP contribution < -0.4 is 11.0 Å². The summed E-state index contributed by atoms with van der Waals surface area (Å²) in [6.07, 6.45) is 3.37. The molecule has 0 aliphatic carbocycles. The molecule has 1 aromatic carbocycles. The summed E-state index contributed by atoms with van der Waals surface area (Å²) >= 11 is 0. The van der Waals surface area contributed by atoms with Gasteiger partial charge in [0.25, 0.3) is 0 Å². The van der Waals surface area contributed by atoms with Crippen LogP contribution in [0.2, 0.25) is 0 Å². The van der Waals surface area contributed by atoms with Crippen LogP contribution in [0.3, 0.4) is 0 Å². The summed E-state index contributed by atoms with van der Waals surface area (Å²) in [5.41, 5.74) is 2.46. The number of nitrogens with one attached hydrogen (secondary N) is 3. The number of rotatable bonds is 3. The number of imidazole rings is 1. The Balaban J connectivity index is 1.80. The number of nitrogens with zero attached hydrogens (tertiary/aromatic N) is 2. The molecule has 3 aromatic rings. The first-order chi connectivity index (χ1) is 8.81. The molecule has 0 saturated heterocycles. The number of benzene rings is 1. The molecule has 18 heavy (non-hydrogen) atoms. The highest BCUT2D eigenvalue weighted by atomic mass is 16.1. The van der Waals surface area contributed by atoms with E-state index in [0.717, 1.165) is 16.6 Å². The van der Waals surface area contributed by atoms with E-state index in [9.17, 15) is 4.79 Å². The van der Waals surface area contributed by atoms with Crippen molar-refractivity contribution in [2.24, 2.45) is 0 Å². The Bertz CT molecular complexity index is 716. The van der Waals surface area contributed by atoms with Gasteiger partial charge in [-0.2, -0.15) is 0 Å². The molecule has 0 radical (unpaired) electrons. The predicted octanol–water partition coefficient (Wildman–Crippen LogP) is 1.26. The topological polar surface area (TPSA) is 86.5 Å². The fourth-order valence-corrected chi connectivity index (χ4v) is 1.76. The van der Waals surface area contributed by atoms with Crippen LogP contribution in [0.5, 0.6) is 0 Å². The Labute approximate surface area is 102 Å². The van der Waals surface area contributed by atoms with Gasteiger partial charge < -0.3 is 15.3 Å². The van der Waals surface area contributed by atoms with Crippen LogP contribution >= 0.6 is 0 Å². The lowest BCUT2D eigenvalue weighted by Gasteiger charge is -2.04. The van der Waals surface area contributed by atoms with Crippen molar-refractivity contribution < 1.29 is 0 Å². The standard InChI is InChI=1S/C12H11N5O/c18-12-16-9-3-2-8(6-10(9)17-12)7-15-11-13-4-1-5-14-11/h1-6H,7H2,(H,13,14,15)(H2,16,17,18). The van der Waals surface area contributed by atoms with E-state index in [4.69, 9.17) is 0 Å². The van der Waals surface area contributed by atoms with Gasteiger partial charge in [0.2, 0.25) is 5.95 Å². The van der Waals surface area contributed by atoms with Gasteiger partial charge in [-0.25, -0.2) is 14.8 Å². The molecule has 0 bridgehead atoms. The maximum Gasteiger partial charge on any atom is 0.323 e. The molecule has 0 amide bonds. The number of anilines is 1. The second-order valence-electron chi connectivity index (χ2n) is 3.89. The second kappa shape index (κ2) is 4.33. The number of aromatic nitrogens is 4. The monoisotopic (exact) mass is 241 g/mol. The van der Waals surface area contributed by atoms with E-state index >= 15 is 0 Å². The molecule has 90 valence electrons. The van der Waals surface area contributed by atoms with E-state index in [1.54, 1.807) is 18.5 Å². The Morgan fingerprint density at radius 3 is 2.72 bits per heavy atom. The lowest BCUT2D eigenvalue weighted by Crippen LogP contribution is -2.02. The molecule has 6 nitrogen and oxygen atoms in total. The van der Waals surface area contributed by atoms with Gasteiger partial charge in [-0.3, -0.25) is 0 Å². The molecule has 0 saturated carbocycles. The van der Waals surface area contributed by atoms with Crippen molar-refractivity contribution in [1.82, 2.24) is 19.9 Å². The van der Waals surface area contributed by atoms with E-state index in [0.29, 0.717) is 12.5 Å². The van der Waals surface area contributed by atoms with Crippen LogP contribution in [0.4, 0.5) is 5.95 Å². The van der Waals surface area contributed by atoms with E-state index in [2.05, 4.69) is 25.3 Å². The third-order valence-corrected chi connectivity index (χ3v) is 2.60. The summed E-state index contributed by atoms with van der Waals surface area (Å²) in [5.74, 6) is 0.583. The molecule has 6 heteroatoms. The Morgan fingerprint density at radius 2 is 1.89 bits per heavy atom. The zero-order valence-electron chi connectivity index (χ0n) is 9.47. The zero-order chi connectivity index (χ0) is 12.4. The van der Waals surface area contributed by atoms with Gasteiger partial charge in [0.1, 0.15) is 0 Å². The first kappa shape index (κ1) is 10.5. The lowest BCUT2D eigenvalue weighted by atomic mass is 10.2. The zero-order valence-corrected chi connectivity index (χ0v) is 9.47. The van der Waals surface area contributed by atoms with E-state index in [-0.39, 0.29) is 5.69 Å². The highest BCUT2D eigenvalue weighted by Gasteiger charge is 2.00. The van der Waals surface area contributed by atoms with Gasteiger partial charge in [-0.05, 0) is 23.8 Å². The SMILES string of the molecule is O=c1[nH]c2ccc(CNc3ncccn3)cc2[nH]1. The van der Waals surface area contributed by atoms with Crippen LogP contribution in [0.25, 0.3) is 11.0 Å². The predicted molar refractivity (Wildman–Crippen MR) is 68.3 cm³/mol. The van der Waals surface area contributed by atoms with Crippen molar-refractivity contribution in [3.05, 3.63) is 52.7 Å². The summed E-state index contributed by atoms with van der Waals surface area (Å²) < 4.78 is 0. The van der Waals surface area contributed by atoms with Crippen LogP contribution in [0.1, 0.15) is 5.56 Å². The fourth-order valence-electron chi connectivity index (χ4n) is 1.76. The normalized spacial score (nSPS) is 10.7. The Hall–Kier alpha value is -2.63. The number of aromatic amines is 2. The molecule has 2 heterocycles. The van der Waals surface area contributed by atoms with Gasteiger partial charge in [0, 0.05) is 18.9 Å². The minimum Gasteiger partial charge on any atom is -0.350 e. The first-order valence-corrected chi connectivity index (χ1v) is 5.53. The summed E-state index contributed by atoms with van der Waals surface area (Å²) in [5, 5.41) is 3.11. The molecule has 0 spiro atoms. The van der Waals surface area contributed by atoms with Crippen LogP contribution in [0.15, 0.2) is 41.5 Å². The molecule has 3 N–H and O–H groups in total. The number of H-pyrrole nitrogens is 2. The van der Waals surface area contributed by atoms with Crippen molar-refractivity contribution in [3.63, 3.8) is 0 Å². The summed E-state index contributed by atoms with van der Waals surface area (Å²) in [6.45, 7) is 0.604. The van der Waals surface area contributed by atoms with Crippen molar-refractivity contribution in [2.75, 3.05) is 5.32 Å². The Morgan fingerprint density at radius 1 is 1.11 bits per heavy atom. The van der Waals surface area contributed by atoms with Crippen molar-refractivity contribution in [3.8, 4) is 0 Å². The third kappa shape index (κ3) is 2.08. The number of hydrogen-bond acceptors (Lipinski definition) is 4. The smallest absolute Gasteiger partial charge is 0.323 e. The summed E-state index contributed by atoms with van der Waals surface area (Å²) in [7, 11) is 0. The number of hydrogen-bond donors (Lipinski definition) is 3. The average molecular weight is 241 g/mol. The van der Waals surface area contributed by atoms with Gasteiger partial charge in [0.15, 0.2) is 0 Å². The molecule has 0 atom stereocenters. The maximum atomic E-state index is 11.1. The van der Waals surface area contributed by atoms with Gasteiger partial charge >= 0.3 is 5.69 Å². The molecule has 0 aliphatic rings. The molecule has 2 aromatic heterocycles.